The van der Waals surface area contributed by atoms with E-state index in [-0.39, 0.29) is 17.6 Å². The molecule has 2 aromatic heterocycles. The first-order valence-corrected chi connectivity index (χ1v) is 8.47. The number of nitrogens with zero attached hydrogens (tertiary/aromatic N) is 3. The first kappa shape index (κ1) is 15.9. The minimum atomic E-state index is -0.182. The highest BCUT2D eigenvalue weighted by Gasteiger charge is 2.34. The van der Waals surface area contributed by atoms with Gasteiger partial charge in [-0.2, -0.15) is 0 Å². The van der Waals surface area contributed by atoms with Crippen LogP contribution in [0.4, 0.5) is 0 Å². The molecular formula is C18H16ClN3O3. The third-order valence-corrected chi connectivity index (χ3v) is 4.69. The summed E-state index contributed by atoms with van der Waals surface area (Å²) in [5.74, 6) is 0.997. The number of likely N-dealkylation sites (tertiary alicyclic amines) is 1. The molecule has 0 N–H and O–H groups in total. The lowest BCUT2D eigenvalue weighted by Gasteiger charge is -2.21. The molecule has 25 heavy (non-hydrogen) atoms. The number of amides is 1. The maximum absolute atomic E-state index is 12.9. The van der Waals surface area contributed by atoms with Crippen LogP contribution in [0.3, 0.4) is 0 Å². The fourth-order valence-electron chi connectivity index (χ4n) is 3.16. The molecule has 3 heterocycles. The normalized spacial score (nSPS) is 17.2. The minimum Gasteiger partial charge on any atom is -0.359 e. The van der Waals surface area contributed by atoms with E-state index in [2.05, 4.69) is 10.3 Å². The van der Waals surface area contributed by atoms with Crippen molar-refractivity contribution in [3.05, 3.63) is 58.6 Å². The van der Waals surface area contributed by atoms with Gasteiger partial charge in [-0.05, 0) is 31.9 Å². The predicted molar refractivity (Wildman–Crippen MR) is 91.2 cm³/mol. The van der Waals surface area contributed by atoms with Crippen molar-refractivity contribution in [2.75, 3.05) is 6.54 Å². The number of rotatable bonds is 3. The SMILES string of the molecule is Cc1cc([C@H]2CCCN2C(=O)c2cc(-c3ccccc3Cl)on2)on1. The van der Waals surface area contributed by atoms with Gasteiger partial charge in [-0.3, -0.25) is 4.79 Å². The zero-order valence-electron chi connectivity index (χ0n) is 13.6. The lowest BCUT2D eigenvalue weighted by molar-refractivity contribution is 0.0704. The molecule has 1 aliphatic rings. The molecule has 1 fully saturated rings. The van der Waals surface area contributed by atoms with Crippen LogP contribution in [0, 0.1) is 6.92 Å². The minimum absolute atomic E-state index is 0.117. The molecule has 1 atom stereocenters. The molecule has 0 radical (unpaired) electrons. The van der Waals surface area contributed by atoms with E-state index in [4.69, 9.17) is 20.6 Å². The second-order valence-electron chi connectivity index (χ2n) is 6.08. The van der Waals surface area contributed by atoms with Gasteiger partial charge in [0, 0.05) is 24.2 Å². The predicted octanol–water partition coefficient (Wildman–Crippen LogP) is 4.27. The molecule has 3 aromatic rings. The van der Waals surface area contributed by atoms with Gasteiger partial charge in [0.15, 0.2) is 17.2 Å². The fraction of sp³-hybridized carbons (Fsp3) is 0.278. The van der Waals surface area contributed by atoms with Crippen LogP contribution in [-0.2, 0) is 0 Å². The Labute approximate surface area is 149 Å². The van der Waals surface area contributed by atoms with Crippen molar-refractivity contribution in [3.8, 4) is 11.3 Å². The largest absolute Gasteiger partial charge is 0.359 e. The van der Waals surface area contributed by atoms with Gasteiger partial charge in [-0.15, -0.1) is 0 Å². The molecule has 1 saturated heterocycles. The van der Waals surface area contributed by atoms with Crippen molar-refractivity contribution in [2.24, 2.45) is 0 Å². The molecular weight excluding hydrogens is 342 g/mol. The smallest absolute Gasteiger partial charge is 0.276 e. The van der Waals surface area contributed by atoms with E-state index in [9.17, 15) is 4.79 Å². The third kappa shape index (κ3) is 2.93. The topological polar surface area (TPSA) is 72.4 Å². The Bertz CT molecular complexity index is 918. The van der Waals surface area contributed by atoms with E-state index >= 15 is 0 Å². The Morgan fingerprint density at radius 3 is 2.84 bits per heavy atom. The maximum atomic E-state index is 12.9. The van der Waals surface area contributed by atoms with Gasteiger partial charge in [0.05, 0.1) is 16.8 Å². The summed E-state index contributed by atoms with van der Waals surface area (Å²) in [6.45, 7) is 2.51. The third-order valence-electron chi connectivity index (χ3n) is 4.36. The van der Waals surface area contributed by atoms with Crippen LogP contribution in [-0.4, -0.2) is 27.7 Å². The average molecular weight is 358 g/mol. The summed E-state index contributed by atoms with van der Waals surface area (Å²) >= 11 is 6.18. The zero-order chi connectivity index (χ0) is 17.4. The van der Waals surface area contributed by atoms with Crippen molar-refractivity contribution in [1.82, 2.24) is 15.2 Å². The van der Waals surface area contributed by atoms with Crippen molar-refractivity contribution >= 4 is 17.5 Å². The van der Waals surface area contributed by atoms with E-state index in [0.717, 1.165) is 18.5 Å². The first-order valence-electron chi connectivity index (χ1n) is 8.09. The van der Waals surface area contributed by atoms with Crippen molar-refractivity contribution < 1.29 is 13.8 Å². The molecule has 1 aliphatic heterocycles. The van der Waals surface area contributed by atoms with Crippen LogP contribution < -0.4 is 0 Å². The monoisotopic (exact) mass is 357 g/mol. The first-order chi connectivity index (χ1) is 12.1. The number of benzene rings is 1. The molecule has 4 rings (SSSR count). The quantitative estimate of drug-likeness (QED) is 0.700. The van der Waals surface area contributed by atoms with Crippen LogP contribution in [0.25, 0.3) is 11.3 Å². The summed E-state index contributed by atoms with van der Waals surface area (Å²) in [5.41, 5.74) is 1.77. The Balaban J connectivity index is 1.60. The fourth-order valence-corrected chi connectivity index (χ4v) is 3.39. The molecule has 0 bridgehead atoms. The standard InChI is InChI=1S/C18H16ClN3O3/c1-11-9-17(25-20-11)15-7-4-8-22(15)18(23)14-10-16(24-21-14)12-5-2-3-6-13(12)19/h2-3,5-6,9-10,15H,4,7-8H2,1H3/t15-/m1/s1. The summed E-state index contributed by atoms with van der Waals surface area (Å²) in [7, 11) is 0. The van der Waals surface area contributed by atoms with Crippen molar-refractivity contribution in [3.63, 3.8) is 0 Å². The number of hydrogen-bond acceptors (Lipinski definition) is 5. The zero-order valence-corrected chi connectivity index (χ0v) is 14.4. The van der Waals surface area contributed by atoms with Gasteiger partial charge in [-0.25, -0.2) is 0 Å². The van der Waals surface area contributed by atoms with E-state index < -0.39 is 0 Å². The molecule has 128 valence electrons. The van der Waals surface area contributed by atoms with Crippen LogP contribution >= 0.6 is 11.6 Å². The van der Waals surface area contributed by atoms with Crippen LogP contribution in [0.1, 0.15) is 40.8 Å². The van der Waals surface area contributed by atoms with Gasteiger partial charge < -0.3 is 13.9 Å². The molecule has 0 saturated carbocycles. The van der Waals surface area contributed by atoms with Crippen LogP contribution in [0.15, 0.2) is 45.4 Å². The summed E-state index contributed by atoms with van der Waals surface area (Å²) in [6.07, 6.45) is 1.75. The Hall–Kier alpha value is -2.60. The number of aryl methyl sites for hydroxylation is 1. The molecule has 0 spiro atoms. The van der Waals surface area contributed by atoms with Crippen molar-refractivity contribution in [1.29, 1.82) is 0 Å². The van der Waals surface area contributed by atoms with Crippen LogP contribution in [0.5, 0.6) is 0 Å². The molecule has 0 aliphatic carbocycles. The van der Waals surface area contributed by atoms with Gasteiger partial charge >= 0.3 is 0 Å². The summed E-state index contributed by atoms with van der Waals surface area (Å²) in [5, 5.41) is 8.41. The molecule has 7 heteroatoms. The summed E-state index contributed by atoms with van der Waals surface area (Å²) in [4.78, 5) is 14.6. The van der Waals surface area contributed by atoms with E-state index in [1.54, 1.807) is 17.0 Å². The van der Waals surface area contributed by atoms with Crippen molar-refractivity contribution in [2.45, 2.75) is 25.8 Å². The number of carbonyl (C=O) groups excluding carboxylic acids is 1. The van der Waals surface area contributed by atoms with E-state index in [1.165, 1.54) is 0 Å². The average Bonchev–Trinajstić information content (AvgIpc) is 3.34. The molecule has 6 nitrogen and oxygen atoms in total. The van der Waals surface area contributed by atoms with Gasteiger partial charge in [-0.1, -0.05) is 34.0 Å². The lowest BCUT2D eigenvalue weighted by atomic mass is 10.1. The van der Waals surface area contributed by atoms with E-state index in [1.807, 2.05) is 31.2 Å². The highest BCUT2D eigenvalue weighted by Crippen LogP contribution is 2.34. The lowest BCUT2D eigenvalue weighted by Crippen LogP contribution is -2.30. The molecule has 0 unspecified atom stereocenters. The molecule has 1 aromatic carbocycles. The maximum Gasteiger partial charge on any atom is 0.276 e. The van der Waals surface area contributed by atoms with Gasteiger partial charge in [0.1, 0.15) is 0 Å². The van der Waals surface area contributed by atoms with Gasteiger partial charge in [0.2, 0.25) is 0 Å². The Kier molecular flexibility index (Phi) is 4.05. The summed E-state index contributed by atoms with van der Waals surface area (Å²) in [6, 6.07) is 10.7. The second-order valence-corrected chi connectivity index (χ2v) is 6.49. The Morgan fingerprint density at radius 1 is 1.24 bits per heavy atom. The number of halogens is 1. The summed E-state index contributed by atoms with van der Waals surface area (Å²) < 4.78 is 10.7. The number of carbonyl (C=O) groups is 1. The van der Waals surface area contributed by atoms with Gasteiger partial charge in [0.25, 0.3) is 5.91 Å². The Morgan fingerprint density at radius 2 is 2.08 bits per heavy atom. The molecule has 1 amide bonds. The highest BCUT2D eigenvalue weighted by atomic mass is 35.5. The van der Waals surface area contributed by atoms with Crippen LogP contribution in [0.2, 0.25) is 5.02 Å². The number of aromatic nitrogens is 2. The number of hydrogen-bond donors (Lipinski definition) is 0. The van der Waals surface area contributed by atoms with E-state index in [0.29, 0.717) is 28.7 Å². The second kappa shape index (κ2) is 6.37. The highest BCUT2D eigenvalue weighted by molar-refractivity contribution is 6.33.